The molecule has 2 aromatic rings. The van der Waals surface area contributed by atoms with Crippen molar-refractivity contribution in [2.24, 2.45) is 0 Å². The molecule has 0 aliphatic rings. The molecule has 0 radical (unpaired) electrons. The summed E-state index contributed by atoms with van der Waals surface area (Å²) in [5.74, 6) is -0.0713. The van der Waals surface area contributed by atoms with Gasteiger partial charge < -0.3 is 14.3 Å². The Morgan fingerprint density at radius 1 is 1.37 bits per heavy atom. The van der Waals surface area contributed by atoms with Crippen LogP contribution in [0.5, 0.6) is 0 Å². The molecule has 1 heterocycles. The van der Waals surface area contributed by atoms with Crippen molar-refractivity contribution in [3.63, 3.8) is 0 Å². The van der Waals surface area contributed by atoms with Crippen molar-refractivity contribution in [2.75, 3.05) is 0 Å². The van der Waals surface area contributed by atoms with Gasteiger partial charge in [-0.3, -0.25) is 0 Å². The number of carboxylic acids is 1. The summed E-state index contributed by atoms with van der Waals surface area (Å²) in [5, 5.41) is 8.91. The molecule has 0 fully saturated rings. The minimum atomic E-state index is -0.987. The molecule has 0 spiro atoms. The van der Waals surface area contributed by atoms with Gasteiger partial charge in [-0.25, -0.2) is 4.79 Å². The Labute approximate surface area is 119 Å². The molecule has 0 unspecified atom stereocenters. The van der Waals surface area contributed by atoms with Gasteiger partial charge in [-0.05, 0) is 30.7 Å². The molecule has 1 aromatic heterocycles. The Bertz CT molecular complexity index is 589. The first-order chi connectivity index (χ1) is 9.06. The fraction of sp³-hybridized carbons (Fsp3) is 0.214. The second kappa shape index (κ2) is 6.04. The summed E-state index contributed by atoms with van der Waals surface area (Å²) in [6, 6.07) is 9.30. The van der Waals surface area contributed by atoms with Crippen LogP contribution in [0.25, 0.3) is 0 Å². The molecular weight excluding hydrogens is 312 g/mol. The van der Waals surface area contributed by atoms with E-state index in [1.165, 1.54) is 6.07 Å². The zero-order chi connectivity index (χ0) is 13.8. The summed E-state index contributed by atoms with van der Waals surface area (Å²) in [4.78, 5) is 10.9. The number of carboxylic acid groups (broad SMARTS) is 1. The number of hydrogen-bond donors (Lipinski definition) is 1. The summed E-state index contributed by atoms with van der Waals surface area (Å²) in [5.41, 5.74) is 1.22. The summed E-state index contributed by atoms with van der Waals surface area (Å²) < 4.78 is 11.8. The van der Waals surface area contributed by atoms with Crippen LogP contribution in [-0.4, -0.2) is 11.1 Å². The van der Waals surface area contributed by atoms with Crippen LogP contribution in [0.3, 0.4) is 0 Å². The fourth-order valence-corrected chi connectivity index (χ4v) is 2.17. The first kappa shape index (κ1) is 13.8. The van der Waals surface area contributed by atoms with Crippen molar-refractivity contribution in [2.45, 2.75) is 20.1 Å². The molecule has 1 N–H and O–H groups in total. The van der Waals surface area contributed by atoms with E-state index in [-0.39, 0.29) is 12.2 Å². The van der Waals surface area contributed by atoms with Crippen LogP contribution in [0.4, 0.5) is 0 Å². The Hall–Kier alpha value is -1.59. The van der Waals surface area contributed by atoms with Gasteiger partial charge >= 0.3 is 5.97 Å². The van der Waals surface area contributed by atoms with E-state index in [1.807, 2.05) is 24.3 Å². The largest absolute Gasteiger partial charge is 0.478 e. The van der Waals surface area contributed by atoms with Crippen LogP contribution in [0, 0.1) is 6.92 Å². The summed E-state index contributed by atoms with van der Waals surface area (Å²) in [7, 11) is 0. The molecule has 0 saturated heterocycles. The van der Waals surface area contributed by atoms with Crippen molar-refractivity contribution < 1.29 is 19.1 Å². The zero-order valence-corrected chi connectivity index (χ0v) is 11.9. The predicted octanol–water partition coefficient (Wildman–Crippen LogP) is 3.77. The minimum absolute atomic E-state index is 0.182. The van der Waals surface area contributed by atoms with Crippen molar-refractivity contribution in [3.8, 4) is 0 Å². The van der Waals surface area contributed by atoms with E-state index in [2.05, 4.69) is 15.9 Å². The lowest BCUT2D eigenvalue weighted by atomic mass is 10.2. The Balaban J connectivity index is 1.92. The van der Waals surface area contributed by atoms with Gasteiger partial charge in [0.15, 0.2) is 0 Å². The predicted molar refractivity (Wildman–Crippen MR) is 73.0 cm³/mol. The average molecular weight is 325 g/mol. The molecule has 0 amide bonds. The van der Waals surface area contributed by atoms with Gasteiger partial charge in [-0.1, -0.05) is 28.1 Å². The van der Waals surface area contributed by atoms with Gasteiger partial charge in [0.05, 0.1) is 6.61 Å². The standard InChI is InChI=1S/C14H13BrO4/c1-9-13(14(16)17)6-12(19-9)8-18-7-10-3-2-4-11(15)5-10/h2-6H,7-8H2,1H3,(H,16,17). The first-order valence-corrected chi connectivity index (χ1v) is 6.50. The smallest absolute Gasteiger partial charge is 0.339 e. The number of benzene rings is 1. The van der Waals surface area contributed by atoms with E-state index in [0.29, 0.717) is 18.1 Å². The quantitative estimate of drug-likeness (QED) is 0.909. The minimum Gasteiger partial charge on any atom is -0.478 e. The van der Waals surface area contributed by atoms with Gasteiger partial charge in [-0.15, -0.1) is 0 Å². The highest BCUT2D eigenvalue weighted by Crippen LogP contribution is 2.17. The maximum absolute atomic E-state index is 10.9. The second-order valence-electron chi connectivity index (χ2n) is 4.11. The number of ether oxygens (including phenoxy) is 1. The van der Waals surface area contributed by atoms with Gasteiger partial charge in [0.2, 0.25) is 0 Å². The lowest BCUT2D eigenvalue weighted by Crippen LogP contribution is -1.95. The highest BCUT2D eigenvalue weighted by molar-refractivity contribution is 9.10. The van der Waals surface area contributed by atoms with Crippen LogP contribution in [-0.2, 0) is 18.0 Å². The van der Waals surface area contributed by atoms with Crippen molar-refractivity contribution in [1.82, 2.24) is 0 Å². The first-order valence-electron chi connectivity index (χ1n) is 5.71. The number of aryl methyl sites for hydroxylation is 1. The molecule has 100 valence electrons. The van der Waals surface area contributed by atoms with Crippen molar-refractivity contribution in [1.29, 1.82) is 0 Å². The zero-order valence-electron chi connectivity index (χ0n) is 10.4. The number of rotatable bonds is 5. The molecule has 0 bridgehead atoms. The summed E-state index contributed by atoms with van der Waals surface area (Å²) in [6.45, 7) is 2.32. The summed E-state index contributed by atoms with van der Waals surface area (Å²) >= 11 is 3.39. The van der Waals surface area contributed by atoms with Crippen LogP contribution in [0.2, 0.25) is 0 Å². The molecule has 0 saturated carbocycles. The number of carbonyl (C=O) groups is 1. The molecule has 2 rings (SSSR count). The molecular formula is C14H13BrO4. The maximum Gasteiger partial charge on any atom is 0.339 e. The van der Waals surface area contributed by atoms with Crippen LogP contribution >= 0.6 is 15.9 Å². The van der Waals surface area contributed by atoms with Gasteiger partial charge in [0.1, 0.15) is 23.7 Å². The highest BCUT2D eigenvalue weighted by atomic mass is 79.9. The molecule has 0 aliphatic carbocycles. The third-order valence-electron chi connectivity index (χ3n) is 2.60. The van der Waals surface area contributed by atoms with E-state index < -0.39 is 5.97 Å². The monoisotopic (exact) mass is 324 g/mol. The Morgan fingerprint density at radius 3 is 2.79 bits per heavy atom. The Kier molecular flexibility index (Phi) is 4.39. The fourth-order valence-electron chi connectivity index (χ4n) is 1.72. The van der Waals surface area contributed by atoms with Crippen LogP contribution in [0.1, 0.15) is 27.4 Å². The maximum atomic E-state index is 10.9. The third kappa shape index (κ3) is 3.68. The van der Waals surface area contributed by atoms with E-state index in [1.54, 1.807) is 6.92 Å². The number of aromatic carboxylic acids is 1. The number of hydrogen-bond acceptors (Lipinski definition) is 3. The van der Waals surface area contributed by atoms with E-state index in [0.717, 1.165) is 10.0 Å². The van der Waals surface area contributed by atoms with Crippen molar-refractivity contribution in [3.05, 3.63) is 57.5 Å². The van der Waals surface area contributed by atoms with Gasteiger partial charge in [-0.2, -0.15) is 0 Å². The van der Waals surface area contributed by atoms with Crippen LogP contribution < -0.4 is 0 Å². The lowest BCUT2D eigenvalue weighted by molar-refractivity contribution is 0.0695. The second-order valence-corrected chi connectivity index (χ2v) is 5.03. The lowest BCUT2D eigenvalue weighted by Gasteiger charge is -2.02. The number of furan rings is 1. The third-order valence-corrected chi connectivity index (χ3v) is 3.09. The molecule has 1 aromatic carbocycles. The molecule has 0 aliphatic heterocycles. The molecule has 4 nitrogen and oxygen atoms in total. The summed E-state index contributed by atoms with van der Waals surface area (Å²) in [6.07, 6.45) is 0. The van der Waals surface area contributed by atoms with E-state index in [4.69, 9.17) is 14.3 Å². The number of halogens is 1. The van der Waals surface area contributed by atoms with Crippen molar-refractivity contribution >= 4 is 21.9 Å². The molecule has 0 atom stereocenters. The van der Waals surface area contributed by atoms with Crippen LogP contribution in [0.15, 0.2) is 39.2 Å². The topological polar surface area (TPSA) is 59.7 Å². The average Bonchev–Trinajstić information content (AvgIpc) is 2.71. The van der Waals surface area contributed by atoms with E-state index in [9.17, 15) is 4.79 Å². The van der Waals surface area contributed by atoms with E-state index >= 15 is 0 Å². The normalized spacial score (nSPS) is 10.6. The van der Waals surface area contributed by atoms with Gasteiger partial charge in [0, 0.05) is 4.47 Å². The molecule has 5 heteroatoms. The Morgan fingerprint density at radius 2 is 2.16 bits per heavy atom. The highest BCUT2D eigenvalue weighted by Gasteiger charge is 2.13. The van der Waals surface area contributed by atoms with Gasteiger partial charge in [0.25, 0.3) is 0 Å². The SMILES string of the molecule is Cc1oc(COCc2cccc(Br)c2)cc1C(=O)O. The molecule has 19 heavy (non-hydrogen) atoms.